The molecule has 0 radical (unpaired) electrons. The third-order valence-corrected chi connectivity index (χ3v) is 15.2. The van der Waals surface area contributed by atoms with Crippen molar-refractivity contribution in [2.75, 3.05) is 84.3 Å². The van der Waals surface area contributed by atoms with Gasteiger partial charge in [-0.3, -0.25) is 9.98 Å². The van der Waals surface area contributed by atoms with Crippen molar-refractivity contribution in [2.45, 2.75) is 230 Å². The number of hydrogen-bond acceptors (Lipinski definition) is 18. The van der Waals surface area contributed by atoms with E-state index < -0.39 is 6.17 Å². The summed E-state index contributed by atoms with van der Waals surface area (Å²) in [5.74, 6) is 10.1. The van der Waals surface area contributed by atoms with E-state index in [1.807, 2.05) is 38.2 Å². The predicted molar refractivity (Wildman–Crippen MR) is 392 cm³/mol. The van der Waals surface area contributed by atoms with Gasteiger partial charge in [0.2, 0.25) is 0 Å². The van der Waals surface area contributed by atoms with Crippen LogP contribution in [0, 0.1) is 13.8 Å². The van der Waals surface area contributed by atoms with Crippen LogP contribution in [0.5, 0.6) is 0 Å². The Morgan fingerprint density at radius 3 is 1.56 bits per heavy atom. The second-order valence-electron chi connectivity index (χ2n) is 26.8. The second kappa shape index (κ2) is 40.4. The summed E-state index contributed by atoms with van der Waals surface area (Å²) in [7, 11) is 0. The van der Waals surface area contributed by atoms with Crippen LogP contribution < -0.4 is 53.2 Å². The molecule has 0 saturated carbocycles. The Hall–Kier alpha value is -7.77. The van der Waals surface area contributed by atoms with E-state index in [0.717, 1.165) is 80.3 Å². The largest absolute Gasteiger partial charge is 0.370 e. The van der Waals surface area contributed by atoms with E-state index in [9.17, 15) is 4.39 Å². The number of aromatic nitrogens is 7. The van der Waals surface area contributed by atoms with Gasteiger partial charge in [-0.25, -0.2) is 34.3 Å². The number of halogens is 1. The first-order valence-corrected chi connectivity index (χ1v) is 34.6. The van der Waals surface area contributed by atoms with Gasteiger partial charge >= 0.3 is 0 Å². The summed E-state index contributed by atoms with van der Waals surface area (Å²) in [6.45, 7) is 45.3. The highest BCUT2D eigenvalue weighted by Crippen LogP contribution is 2.29. The van der Waals surface area contributed by atoms with E-state index >= 15 is 0 Å². The van der Waals surface area contributed by atoms with Crippen LogP contribution in [0.3, 0.4) is 0 Å². The van der Waals surface area contributed by atoms with Crippen LogP contribution in [-0.2, 0) is 25.7 Å². The number of nitrogens with one attached hydrogen (secondary N) is 11. The molecule has 1 atom stereocenters. The minimum Gasteiger partial charge on any atom is -0.370 e. The zero-order valence-corrected chi connectivity index (χ0v) is 59.9. The Morgan fingerprint density at radius 1 is 0.484 bits per heavy atom. The molecule has 0 fully saturated rings. The third-order valence-electron chi connectivity index (χ3n) is 15.2. The van der Waals surface area contributed by atoms with Crippen molar-refractivity contribution in [3.63, 3.8) is 0 Å². The zero-order valence-electron chi connectivity index (χ0n) is 59.9. The van der Waals surface area contributed by atoms with Gasteiger partial charge in [0.1, 0.15) is 35.3 Å². The van der Waals surface area contributed by atoms with E-state index in [0.29, 0.717) is 60.3 Å². The average molecular weight is 1280 g/mol. The van der Waals surface area contributed by atoms with Gasteiger partial charge in [0.15, 0.2) is 17.9 Å². The zero-order chi connectivity index (χ0) is 67.8. The van der Waals surface area contributed by atoms with Gasteiger partial charge in [-0.05, 0) is 201 Å². The van der Waals surface area contributed by atoms with Gasteiger partial charge in [0.25, 0.3) is 0 Å². The molecular weight excluding hydrogens is 1160 g/mol. The molecule has 6 aliphatic rings. The molecule has 19 nitrogen and oxygen atoms in total. The van der Waals surface area contributed by atoms with E-state index in [-0.39, 0.29) is 6.54 Å². The Kier molecular flexibility index (Phi) is 33.0. The number of nitrogens with zero attached hydrogens (tertiary/aromatic N) is 8. The predicted octanol–water partition coefficient (Wildman–Crippen LogP) is 14.2. The van der Waals surface area contributed by atoms with Crippen LogP contribution >= 0.6 is 0 Å². The van der Waals surface area contributed by atoms with Gasteiger partial charge in [-0.2, -0.15) is 0 Å². The van der Waals surface area contributed by atoms with Gasteiger partial charge in [-0.1, -0.05) is 85.7 Å². The lowest BCUT2D eigenvalue weighted by Crippen LogP contribution is -2.47. The molecule has 6 aliphatic heterocycles. The number of rotatable bonds is 10. The molecule has 0 saturated heterocycles. The van der Waals surface area contributed by atoms with Crippen LogP contribution in [0.1, 0.15) is 216 Å². The molecule has 0 bridgehead atoms. The quantitative estimate of drug-likeness (QED) is 0.0611. The lowest BCUT2D eigenvalue weighted by atomic mass is 9.97. The smallest absolute Gasteiger partial charge is 0.200 e. The van der Waals surface area contributed by atoms with Crippen molar-refractivity contribution in [3.8, 4) is 0 Å². The fourth-order valence-corrected chi connectivity index (χ4v) is 10.5. The van der Waals surface area contributed by atoms with Gasteiger partial charge < -0.3 is 58.2 Å². The molecule has 0 aliphatic carbocycles. The lowest BCUT2D eigenvalue weighted by molar-refractivity contribution is 0.329. The molecule has 93 heavy (non-hydrogen) atoms. The van der Waals surface area contributed by atoms with Crippen molar-refractivity contribution in [2.24, 2.45) is 9.98 Å². The minimum atomic E-state index is -0.826. The first-order chi connectivity index (χ1) is 44.4. The molecule has 11 N–H and O–H groups in total. The molecule has 0 amide bonds. The van der Waals surface area contributed by atoms with Crippen molar-refractivity contribution in [1.29, 1.82) is 0 Å². The number of aliphatic imine (C=N–C) groups is 2. The number of hydrogen-bond donors (Lipinski definition) is 11. The topological polar surface area (TPSA) is 238 Å². The molecule has 512 valence electrons. The van der Waals surface area contributed by atoms with Gasteiger partial charge in [0, 0.05) is 98.8 Å². The third kappa shape index (κ3) is 28.2. The fourth-order valence-electron chi connectivity index (χ4n) is 10.5. The molecular formula is C73H118FN19. The summed E-state index contributed by atoms with van der Waals surface area (Å²) in [5.41, 5.74) is 13.2. The first kappa shape index (κ1) is 75.9. The molecule has 20 heteroatoms. The van der Waals surface area contributed by atoms with Crippen molar-refractivity contribution in [3.05, 3.63) is 129 Å². The highest BCUT2D eigenvalue weighted by Gasteiger charge is 2.18. The fraction of sp³-hybridized carbons (Fsp3) is 0.589. The Labute approximate surface area is 558 Å². The van der Waals surface area contributed by atoms with Crippen molar-refractivity contribution < 1.29 is 4.39 Å². The normalized spacial score (nSPS) is 15.5. The average Bonchev–Trinajstić information content (AvgIpc) is 1.49. The number of aryl methyl sites for hydroxylation is 6. The summed E-state index contributed by atoms with van der Waals surface area (Å²) < 4.78 is 12.5. The van der Waals surface area contributed by atoms with Crippen LogP contribution in [0.2, 0.25) is 0 Å². The van der Waals surface area contributed by atoms with Crippen LogP contribution in [0.4, 0.5) is 39.4 Å². The SMILES string of the molecule is CC(C)NC1=NCC(F)CN1.CC(C)NC1=NCCN1.CC(C)Nc1ccccn1.CC(C)Nc1ncc[nH]1.CC(C)c1ccc2c(n1)NCCC2.CC(C)c1cnc2c(c1)CCCN2.Cc1cc2c(nc1C(C)C)NCCC2.Cc1nc2c(cc1C(C)C)CCCN2. The number of pyridine rings is 5. The van der Waals surface area contributed by atoms with E-state index in [4.69, 9.17) is 4.98 Å². The minimum absolute atomic E-state index is 0.280. The summed E-state index contributed by atoms with van der Waals surface area (Å²) in [5, 5.41) is 32.0. The second-order valence-corrected chi connectivity index (χ2v) is 26.8. The number of aromatic amines is 1. The summed E-state index contributed by atoms with van der Waals surface area (Å²) in [6, 6.07) is 18.8. The number of H-pyrrole nitrogens is 1. The van der Waals surface area contributed by atoms with Gasteiger partial charge in [0.05, 0.1) is 19.6 Å². The van der Waals surface area contributed by atoms with Gasteiger partial charge in [-0.15, -0.1) is 0 Å². The van der Waals surface area contributed by atoms with E-state index in [2.05, 4.69) is 234 Å². The first-order valence-electron chi connectivity index (χ1n) is 34.6. The number of guanidine groups is 2. The van der Waals surface area contributed by atoms with Crippen LogP contribution in [0.15, 0.2) is 83.3 Å². The number of anilines is 6. The van der Waals surface area contributed by atoms with E-state index in [1.165, 1.54) is 107 Å². The summed E-state index contributed by atoms with van der Waals surface area (Å²) in [6.07, 6.45) is 16.1. The summed E-state index contributed by atoms with van der Waals surface area (Å²) in [4.78, 5) is 37.5. The Bertz CT molecular complexity index is 3000. The maximum atomic E-state index is 12.5. The van der Waals surface area contributed by atoms with Crippen LogP contribution in [0.25, 0.3) is 0 Å². The highest BCUT2D eigenvalue weighted by atomic mass is 19.1. The van der Waals surface area contributed by atoms with Crippen molar-refractivity contribution in [1.82, 2.24) is 56.2 Å². The molecule has 6 aromatic heterocycles. The molecule has 1 unspecified atom stereocenters. The Morgan fingerprint density at radius 2 is 1.05 bits per heavy atom. The summed E-state index contributed by atoms with van der Waals surface area (Å²) >= 11 is 0. The lowest BCUT2D eigenvalue weighted by Gasteiger charge is -2.20. The molecule has 12 rings (SSSR count). The maximum absolute atomic E-state index is 12.5. The number of fused-ring (bicyclic) bond motifs is 4. The van der Waals surface area contributed by atoms with E-state index in [1.54, 1.807) is 18.6 Å². The molecule has 0 aromatic carbocycles. The van der Waals surface area contributed by atoms with Crippen molar-refractivity contribution >= 4 is 47.0 Å². The number of alkyl halides is 1. The van der Waals surface area contributed by atoms with Crippen LogP contribution in [-0.4, -0.2) is 130 Å². The number of imidazole rings is 1. The monoisotopic (exact) mass is 1280 g/mol. The maximum Gasteiger partial charge on any atom is 0.200 e. The highest BCUT2D eigenvalue weighted by molar-refractivity contribution is 5.81. The molecule has 6 aromatic rings. The molecule has 0 spiro atoms. The molecule has 12 heterocycles. The standard InChI is InChI=1S/2C12H18N2.2C11H16N2.C8H12N2.C7H14FN3.C6H13N3.C6H11N3/c1-8(2)11-7-10-5-4-6-13-12(10)14-9(11)3;1-8(2)11-9(3)7-10-5-4-6-13-12(10)14-11;1-8(2)10-6-5-9-4-3-7-12-11(9)13-10;1-8(2)10-6-9-4-3-5-12-11(9)13-7-10;1-7(2)10-8-5-3-4-6-9-8;1-5(2)11-7-9-3-6(8)4-10-7;2*1-5(2)9-6-7-3-4-8-6/h2*7-8H,4-6H2,1-3H3,(H,13,14);5-6,8H,3-4,7H2,1-2H3,(H,12,13);6-8H,3-5H2,1-2H3,(H,12,13);3-7H,1-2H3,(H,9,10);5-6H,3-4H2,1-2H3,(H2,9,10,11);5H,3-4H2,1-2H3,(H2,7,8,9);3-5H,1-2H3,(H2,7,8,9). The Balaban J connectivity index is 0.000000194.